The van der Waals surface area contributed by atoms with E-state index in [1.54, 1.807) is 0 Å². The van der Waals surface area contributed by atoms with Gasteiger partial charge in [0.05, 0.1) is 0 Å². The molecule has 0 heterocycles. The van der Waals surface area contributed by atoms with Crippen molar-refractivity contribution in [2.75, 3.05) is 0 Å². The second kappa shape index (κ2) is 1.87. The lowest BCUT2D eigenvalue weighted by Gasteiger charge is -2.08. The third-order valence-electron chi connectivity index (χ3n) is 0.301. The summed E-state index contributed by atoms with van der Waals surface area (Å²) in [5.74, 6) is 8.83. The molecule has 0 saturated carbocycles. The Balaban J connectivity index is 3.80. The van der Waals surface area contributed by atoms with E-state index >= 15 is 0 Å². The number of hydrogen-bond donors (Lipinski definition) is 4. The fourth-order valence-electron chi connectivity index (χ4n) is 0. The minimum absolute atomic E-state index is 0.146. The minimum Gasteiger partial charge on any atom is -0.311 e. The van der Waals surface area contributed by atoms with E-state index in [-0.39, 0.29) is 4.89 Å². The molecule has 0 aromatic carbocycles. The molecule has 0 fully saturated rings. The normalized spacial score (nSPS) is 12.7. The standard InChI is InChI=1S/H6N3O3P/c1-3(2)7(4,5)6/h1-2H2,(H2,4,5,6). The summed E-state index contributed by atoms with van der Waals surface area (Å²) in [7, 11) is -4.35. The second-order valence-corrected chi connectivity index (χ2v) is 2.38. The van der Waals surface area contributed by atoms with Crippen LogP contribution in [-0.4, -0.2) is 14.7 Å². The zero-order valence-corrected chi connectivity index (χ0v) is 4.25. The quantitative estimate of drug-likeness (QED) is 0.186. The van der Waals surface area contributed by atoms with Crippen molar-refractivity contribution in [3.63, 3.8) is 0 Å². The summed E-state index contributed by atoms with van der Waals surface area (Å²) in [4.78, 5) is 15.6. The van der Waals surface area contributed by atoms with Crippen LogP contribution in [0.2, 0.25) is 0 Å². The first kappa shape index (κ1) is 7.03. The zero-order valence-electron chi connectivity index (χ0n) is 3.35. The Bertz CT molecular complexity index is 92.4. The zero-order chi connectivity index (χ0) is 6.08. The average molecular weight is 127 g/mol. The summed E-state index contributed by atoms with van der Waals surface area (Å²) in [6.45, 7) is 0. The second-order valence-electron chi connectivity index (χ2n) is 0.893. The van der Waals surface area contributed by atoms with E-state index in [0.717, 1.165) is 0 Å². The molecule has 6 nitrogen and oxygen atoms in total. The van der Waals surface area contributed by atoms with E-state index in [1.807, 2.05) is 0 Å². The average Bonchev–Trinajstić information content (AvgIpc) is 1.31. The van der Waals surface area contributed by atoms with E-state index in [9.17, 15) is 4.57 Å². The Kier molecular flexibility index (Phi) is 1.88. The first-order valence-electron chi connectivity index (χ1n) is 1.30. The first-order chi connectivity index (χ1) is 2.94. The third-order valence-corrected chi connectivity index (χ3v) is 0.903. The van der Waals surface area contributed by atoms with Crippen molar-refractivity contribution in [1.29, 1.82) is 0 Å². The van der Waals surface area contributed by atoms with Gasteiger partial charge in [-0.2, -0.15) is 0 Å². The number of nitrogens with zero attached hydrogens (tertiary/aromatic N) is 1. The molecule has 0 rings (SSSR count). The van der Waals surface area contributed by atoms with E-state index in [2.05, 4.69) is 11.7 Å². The third kappa shape index (κ3) is 2.69. The highest BCUT2D eigenvalue weighted by Gasteiger charge is 2.16. The van der Waals surface area contributed by atoms with Crippen molar-refractivity contribution in [3.05, 3.63) is 0 Å². The highest BCUT2D eigenvalue weighted by molar-refractivity contribution is 7.48. The molecule has 7 heavy (non-hydrogen) atoms. The van der Waals surface area contributed by atoms with Crippen molar-refractivity contribution in [2.24, 2.45) is 11.7 Å². The molecule has 0 unspecified atom stereocenters. The Morgan fingerprint density at radius 2 is 1.57 bits per heavy atom. The van der Waals surface area contributed by atoms with Gasteiger partial charge in [-0.1, -0.05) is 4.89 Å². The van der Waals surface area contributed by atoms with Crippen LogP contribution in [0.3, 0.4) is 0 Å². The Hall–Kier alpha value is 0.0300. The predicted molar refractivity (Wildman–Crippen MR) is 22.3 cm³/mol. The fraction of sp³-hybridized carbons (Fsp3) is 0. The summed E-state index contributed by atoms with van der Waals surface area (Å²) >= 11 is 0. The van der Waals surface area contributed by atoms with Gasteiger partial charge in [-0.25, -0.2) is 16.3 Å². The van der Waals surface area contributed by atoms with Gasteiger partial charge >= 0.3 is 7.75 Å². The summed E-state index contributed by atoms with van der Waals surface area (Å²) in [5, 5.41) is 0. The highest BCUT2D eigenvalue weighted by atomic mass is 31.2. The van der Waals surface area contributed by atoms with E-state index in [0.29, 0.717) is 0 Å². The van der Waals surface area contributed by atoms with Crippen LogP contribution in [0.5, 0.6) is 0 Å². The van der Waals surface area contributed by atoms with Crippen LogP contribution in [0.4, 0.5) is 0 Å². The molecule has 0 aromatic rings. The van der Waals surface area contributed by atoms with Gasteiger partial charge < -0.3 is 9.79 Å². The molecule has 0 radical (unpaired) electrons. The number of nitrogens with two attached hydrogens (primary N) is 2. The molecule has 0 aliphatic carbocycles. The van der Waals surface area contributed by atoms with Gasteiger partial charge in [-0.15, -0.1) is 0 Å². The van der Waals surface area contributed by atoms with Crippen LogP contribution >= 0.6 is 7.75 Å². The lowest BCUT2D eigenvalue weighted by atomic mass is 12.6. The lowest BCUT2D eigenvalue weighted by molar-refractivity contribution is 0.276. The number of rotatable bonds is 1. The van der Waals surface area contributed by atoms with Gasteiger partial charge in [0.15, 0.2) is 0 Å². The molecule has 44 valence electrons. The predicted octanol–water partition coefficient (Wildman–Crippen LogP) is -1.87. The summed E-state index contributed by atoms with van der Waals surface area (Å²) in [6.07, 6.45) is 0. The van der Waals surface area contributed by atoms with Gasteiger partial charge in [0, 0.05) is 0 Å². The SMILES string of the molecule is NN(N)P(=O)(O)O. The molecule has 0 aliphatic rings. The monoisotopic (exact) mass is 127 g/mol. The molecule has 0 atom stereocenters. The Morgan fingerprint density at radius 1 is 1.43 bits per heavy atom. The van der Waals surface area contributed by atoms with Crippen LogP contribution in [0, 0.1) is 0 Å². The summed E-state index contributed by atoms with van der Waals surface area (Å²) in [5.41, 5.74) is 0. The van der Waals surface area contributed by atoms with Crippen LogP contribution in [0.15, 0.2) is 0 Å². The van der Waals surface area contributed by atoms with Gasteiger partial charge in [0.25, 0.3) is 0 Å². The van der Waals surface area contributed by atoms with Crippen molar-refractivity contribution < 1.29 is 14.4 Å². The van der Waals surface area contributed by atoms with Crippen molar-refractivity contribution in [1.82, 2.24) is 4.89 Å². The highest BCUT2D eigenvalue weighted by Crippen LogP contribution is 2.32. The topological polar surface area (TPSA) is 113 Å². The molecule has 0 aliphatic heterocycles. The van der Waals surface area contributed by atoms with Crippen LogP contribution in [-0.2, 0) is 4.57 Å². The maximum Gasteiger partial charge on any atom is 0.430 e. The van der Waals surface area contributed by atoms with Gasteiger partial charge in [-0.3, -0.25) is 0 Å². The van der Waals surface area contributed by atoms with Crippen molar-refractivity contribution >= 4 is 7.75 Å². The minimum atomic E-state index is -4.35. The van der Waals surface area contributed by atoms with Crippen molar-refractivity contribution in [3.8, 4) is 0 Å². The van der Waals surface area contributed by atoms with Gasteiger partial charge in [0.1, 0.15) is 0 Å². The number of hydrogen-bond acceptors (Lipinski definition) is 3. The Labute approximate surface area is 39.9 Å². The van der Waals surface area contributed by atoms with E-state index < -0.39 is 7.75 Å². The molecule has 0 spiro atoms. The fourth-order valence-corrected chi connectivity index (χ4v) is 0. The molecule has 7 heteroatoms. The molecule has 0 saturated heterocycles. The largest absolute Gasteiger partial charge is 0.430 e. The summed E-state index contributed by atoms with van der Waals surface area (Å²) < 4.78 is 9.70. The molecule has 6 N–H and O–H groups in total. The molecule has 0 aromatic heterocycles. The van der Waals surface area contributed by atoms with Gasteiger partial charge in [-0.05, 0) is 0 Å². The van der Waals surface area contributed by atoms with Crippen molar-refractivity contribution in [2.45, 2.75) is 0 Å². The van der Waals surface area contributed by atoms with E-state index in [4.69, 9.17) is 9.79 Å². The maximum absolute atomic E-state index is 9.70. The smallest absolute Gasteiger partial charge is 0.311 e. The first-order valence-corrected chi connectivity index (χ1v) is 2.86. The number of hydrazine groups is 2. The molecule has 0 amide bonds. The molecular weight excluding hydrogens is 121 g/mol. The lowest BCUT2D eigenvalue weighted by Crippen LogP contribution is -2.34. The van der Waals surface area contributed by atoms with Crippen LogP contribution < -0.4 is 11.7 Å². The molecular formula is H6N3O3P. The van der Waals surface area contributed by atoms with E-state index in [1.165, 1.54) is 0 Å². The maximum atomic E-state index is 9.70. The Morgan fingerprint density at radius 3 is 1.57 bits per heavy atom. The van der Waals surface area contributed by atoms with Gasteiger partial charge in [0.2, 0.25) is 0 Å². The molecule has 0 bridgehead atoms. The van der Waals surface area contributed by atoms with Crippen LogP contribution in [0.25, 0.3) is 0 Å². The van der Waals surface area contributed by atoms with Crippen LogP contribution in [0.1, 0.15) is 0 Å². The summed E-state index contributed by atoms with van der Waals surface area (Å²) in [6, 6.07) is 0.